The van der Waals surface area contributed by atoms with Gasteiger partial charge in [-0.25, -0.2) is 0 Å². The maximum Gasteiger partial charge on any atom is 0.0782 e. The predicted octanol–water partition coefficient (Wildman–Crippen LogP) is 13.9. The molecule has 0 saturated carbocycles. The smallest absolute Gasteiger partial charge is 0.0782 e. The van der Waals surface area contributed by atoms with Gasteiger partial charge in [0.15, 0.2) is 0 Å². The number of benzene rings is 9. The van der Waals surface area contributed by atoms with Crippen molar-refractivity contribution in [3.63, 3.8) is 0 Å². The van der Waals surface area contributed by atoms with Gasteiger partial charge in [-0.15, -0.1) is 0 Å². The summed E-state index contributed by atoms with van der Waals surface area (Å²) in [6.45, 7) is 0. The van der Waals surface area contributed by atoms with Crippen LogP contribution in [-0.2, 0) is 0 Å². The Morgan fingerprint density at radius 3 is 1.77 bits per heavy atom. The van der Waals surface area contributed by atoms with E-state index in [-0.39, 0.29) is 0 Å². The van der Waals surface area contributed by atoms with Crippen molar-refractivity contribution in [1.29, 1.82) is 0 Å². The molecule has 244 valence electrons. The van der Waals surface area contributed by atoms with Crippen LogP contribution in [0.15, 0.2) is 206 Å². The molecule has 1 heterocycles. The quantitative estimate of drug-likeness (QED) is 0.161. The lowest BCUT2D eigenvalue weighted by molar-refractivity contribution is 1.17. The van der Waals surface area contributed by atoms with E-state index in [2.05, 4.69) is 216 Å². The van der Waals surface area contributed by atoms with E-state index in [4.69, 9.17) is 0 Å². The molecule has 0 aliphatic rings. The van der Waals surface area contributed by atoms with Crippen LogP contribution < -0.4 is 4.90 Å². The SMILES string of the molecule is c1ccc(-c2ccc(N(c3ccccc3-c3cccc4c3ccc3ccccc34)c3cccc4c5ccccc5n(-c5ccccc5)c34)cc2)cc1. The van der Waals surface area contributed by atoms with Gasteiger partial charge in [-0.1, -0.05) is 164 Å². The molecule has 2 heteroatoms. The van der Waals surface area contributed by atoms with Gasteiger partial charge in [-0.2, -0.15) is 0 Å². The van der Waals surface area contributed by atoms with Crippen LogP contribution in [0.5, 0.6) is 0 Å². The standard InChI is InChI=1S/C50H34N2/c1-3-15-35(16-4-1)36-29-32-39(33-30-36)51(49-28-14-25-46-45-22-10-12-27-48(45)52(50(46)49)38-18-5-2-6-19-38)47-26-11-9-21-44(47)42-24-13-23-41-40-20-8-7-17-37(40)31-34-43(41)42/h1-34H. The van der Waals surface area contributed by atoms with Gasteiger partial charge in [0.05, 0.1) is 22.4 Å². The predicted molar refractivity (Wildman–Crippen MR) is 221 cm³/mol. The van der Waals surface area contributed by atoms with Gasteiger partial charge in [0.1, 0.15) is 0 Å². The summed E-state index contributed by atoms with van der Waals surface area (Å²) >= 11 is 0. The first kappa shape index (κ1) is 30.0. The summed E-state index contributed by atoms with van der Waals surface area (Å²) < 4.78 is 2.43. The summed E-state index contributed by atoms with van der Waals surface area (Å²) in [5.74, 6) is 0. The van der Waals surface area contributed by atoms with Crippen molar-refractivity contribution >= 4 is 60.4 Å². The van der Waals surface area contributed by atoms with Crippen molar-refractivity contribution in [2.75, 3.05) is 4.90 Å². The van der Waals surface area contributed by atoms with Crippen LogP contribution >= 0.6 is 0 Å². The van der Waals surface area contributed by atoms with E-state index in [0.29, 0.717) is 0 Å². The Labute approximate surface area is 303 Å². The van der Waals surface area contributed by atoms with Crippen LogP contribution in [0.1, 0.15) is 0 Å². The Bertz CT molecular complexity index is 2890. The van der Waals surface area contributed by atoms with E-state index in [1.165, 1.54) is 65.6 Å². The average Bonchev–Trinajstić information content (AvgIpc) is 3.57. The van der Waals surface area contributed by atoms with Gasteiger partial charge in [0, 0.05) is 27.7 Å². The van der Waals surface area contributed by atoms with Crippen molar-refractivity contribution < 1.29 is 0 Å². The summed E-state index contributed by atoms with van der Waals surface area (Å²) in [7, 11) is 0. The topological polar surface area (TPSA) is 8.17 Å². The third-order valence-electron chi connectivity index (χ3n) is 10.4. The zero-order valence-electron chi connectivity index (χ0n) is 28.5. The molecular weight excluding hydrogens is 629 g/mol. The molecule has 9 aromatic carbocycles. The summed E-state index contributed by atoms with van der Waals surface area (Å²) in [6, 6.07) is 74.7. The number of aromatic nitrogens is 1. The second-order valence-corrected chi connectivity index (χ2v) is 13.3. The Morgan fingerprint density at radius 2 is 0.923 bits per heavy atom. The number of fused-ring (bicyclic) bond motifs is 6. The van der Waals surface area contributed by atoms with E-state index >= 15 is 0 Å². The maximum atomic E-state index is 2.46. The fourth-order valence-corrected chi connectivity index (χ4v) is 8.04. The molecule has 0 aliphatic carbocycles. The molecule has 0 spiro atoms. The summed E-state index contributed by atoms with van der Waals surface area (Å²) in [6.07, 6.45) is 0. The van der Waals surface area contributed by atoms with Gasteiger partial charge >= 0.3 is 0 Å². The van der Waals surface area contributed by atoms with Gasteiger partial charge in [-0.3, -0.25) is 0 Å². The fourth-order valence-electron chi connectivity index (χ4n) is 8.04. The van der Waals surface area contributed by atoms with Crippen molar-refractivity contribution in [3.8, 4) is 27.9 Å². The molecule has 0 radical (unpaired) electrons. The summed E-state index contributed by atoms with van der Waals surface area (Å²) in [5, 5.41) is 7.47. The number of para-hydroxylation sites is 4. The number of rotatable bonds is 6. The fraction of sp³-hybridized carbons (Fsp3) is 0. The molecule has 0 atom stereocenters. The molecule has 0 aliphatic heterocycles. The second kappa shape index (κ2) is 12.5. The van der Waals surface area contributed by atoms with Gasteiger partial charge < -0.3 is 9.47 Å². The minimum Gasteiger partial charge on any atom is -0.308 e. The van der Waals surface area contributed by atoms with Crippen molar-refractivity contribution in [1.82, 2.24) is 4.57 Å². The normalized spacial score (nSPS) is 11.5. The van der Waals surface area contributed by atoms with E-state index < -0.39 is 0 Å². The van der Waals surface area contributed by atoms with Crippen LogP contribution in [-0.4, -0.2) is 4.57 Å². The number of hydrogen-bond donors (Lipinski definition) is 0. The summed E-state index contributed by atoms with van der Waals surface area (Å²) in [4.78, 5) is 2.46. The third kappa shape index (κ3) is 4.88. The molecule has 52 heavy (non-hydrogen) atoms. The Kier molecular flexibility index (Phi) is 7.18. The molecule has 0 N–H and O–H groups in total. The summed E-state index contributed by atoms with van der Waals surface area (Å²) in [5.41, 5.74) is 11.6. The highest BCUT2D eigenvalue weighted by Crippen LogP contribution is 2.47. The zero-order chi connectivity index (χ0) is 34.4. The lowest BCUT2D eigenvalue weighted by Crippen LogP contribution is -2.13. The zero-order valence-corrected chi connectivity index (χ0v) is 28.5. The lowest BCUT2D eigenvalue weighted by atomic mass is 9.93. The Hall–Kier alpha value is -6.90. The number of nitrogens with zero attached hydrogens (tertiary/aromatic N) is 2. The van der Waals surface area contributed by atoms with Crippen LogP contribution in [0.25, 0.3) is 71.3 Å². The first-order valence-electron chi connectivity index (χ1n) is 17.9. The van der Waals surface area contributed by atoms with Crippen LogP contribution in [0.2, 0.25) is 0 Å². The van der Waals surface area contributed by atoms with Crippen LogP contribution in [0, 0.1) is 0 Å². The lowest BCUT2D eigenvalue weighted by Gasteiger charge is -2.29. The minimum atomic E-state index is 1.09. The monoisotopic (exact) mass is 662 g/mol. The van der Waals surface area contributed by atoms with Crippen LogP contribution in [0.3, 0.4) is 0 Å². The van der Waals surface area contributed by atoms with Crippen LogP contribution in [0.4, 0.5) is 17.1 Å². The molecule has 1 aromatic heterocycles. The van der Waals surface area contributed by atoms with Crippen molar-refractivity contribution in [2.24, 2.45) is 0 Å². The van der Waals surface area contributed by atoms with Gasteiger partial charge in [0.25, 0.3) is 0 Å². The average molecular weight is 663 g/mol. The van der Waals surface area contributed by atoms with Crippen molar-refractivity contribution in [3.05, 3.63) is 206 Å². The highest BCUT2D eigenvalue weighted by Gasteiger charge is 2.24. The number of hydrogen-bond acceptors (Lipinski definition) is 1. The highest BCUT2D eigenvalue weighted by atomic mass is 15.2. The van der Waals surface area contributed by atoms with Gasteiger partial charge in [0.2, 0.25) is 0 Å². The molecular formula is C50H34N2. The van der Waals surface area contributed by atoms with E-state index in [9.17, 15) is 0 Å². The molecule has 0 amide bonds. The first-order chi connectivity index (χ1) is 25.8. The highest BCUT2D eigenvalue weighted by molar-refractivity contribution is 6.16. The van der Waals surface area contributed by atoms with E-state index in [1.807, 2.05) is 0 Å². The van der Waals surface area contributed by atoms with E-state index in [1.54, 1.807) is 0 Å². The molecule has 10 aromatic rings. The molecule has 2 nitrogen and oxygen atoms in total. The minimum absolute atomic E-state index is 1.09. The van der Waals surface area contributed by atoms with Gasteiger partial charge in [-0.05, 0) is 80.7 Å². The molecule has 0 fully saturated rings. The Balaban J connectivity index is 1.28. The van der Waals surface area contributed by atoms with Crippen molar-refractivity contribution in [2.45, 2.75) is 0 Å². The number of anilines is 3. The largest absolute Gasteiger partial charge is 0.308 e. The first-order valence-corrected chi connectivity index (χ1v) is 17.9. The second-order valence-electron chi connectivity index (χ2n) is 13.3. The Morgan fingerprint density at radius 1 is 0.327 bits per heavy atom. The molecule has 0 saturated heterocycles. The maximum absolute atomic E-state index is 2.46. The third-order valence-corrected chi connectivity index (χ3v) is 10.4. The molecule has 0 unspecified atom stereocenters. The van der Waals surface area contributed by atoms with E-state index in [0.717, 1.165) is 22.7 Å². The molecule has 0 bridgehead atoms. The molecule has 10 rings (SSSR count).